The Hall–Kier alpha value is -0.540. The van der Waals surface area contributed by atoms with Crippen molar-refractivity contribution in [1.29, 1.82) is 0 Å². The summed E-state index contributed by atoms with van der Waals surface area (Å²) in [7, 11) is 0. The van der Waals surface area contributed by atoms with Gasteiger partial charge in [0, 0.05) is 23.6 Å². The molecule has 2 rings (SSSR count). The number of anilines is 1. The zero-order valence-electron chi connectivity index (χ0n) is 11.3. The van der Waals surface area contributed by atoms with Gasteiger partial charge in [0.25, 0.3) is 0 Å². The molecule has 0 bridgehead atoms. The van der Waals surface area contributed by atoms with E-state index in [-0.39, 0.29) is 6.04 Å². The lowest BCUT2D eigenvalue weighted by atomic mass is 10.0. The second-order valence-corrected chi connectivity index (χ2v) is 6.24. The zero-order chi connectivity index (χ0) is 13.1. The van der Waals surface area contributed by atoms with E-state index in [4.69, 9.17) is 5.73 Å². The number of hydrogen-bond donors (Lipinski definition) is 1. The normalized spacial score (nSPS) is 21.3. The SMILES string of the molecule is CCCC1CCN(c2ccc(C(C)N)cc2Br)C1. The largest absolute Gasteiger partial charge is 0.370 e. The minimum Gasteiger partial charge on any atom is -0.370 e. The van der Waals surface area contributed by atoms with Crippen molar-refractivity contribution in [1.82, 2.24) is 0 Å². The second kappa shape index (κ2) is 6.07. The van der Waals surface area contributed by atoms with Gasteiger partial charge in [0.1, 0.15) is 0 Å². The number of nitrogens with two attached hydrogens (primary N) is 1. The van der Waals surface area contributed by atoms with Gasteiger partial charge >= 0.3 is 0 Å². The van der Waals surface area contributed by atoms with Gasteiger partial charge in [0.05, 0.1) is 5.69 Å². The van der Waals surface area contributed by atoms with Crippen molar-refractivity contribution in [3.63, 3.8) is 0 Å². The lowest BCUT2D eigenvalue weighted by molar-refractivity contribution is 0.530. The highest BCUT2D eigenvalue weighted by atomic mass is 79.9. The van der Waals surface area contributed by atoms with Gasteiger partial charge in [-0.15, -0.1) is 0 Å². The fraction of sp³-hybridized carbons (Fsp3) is 0.600. The van der Waals surface area contributed by atoms with E-state index >= 15 is 0 Å². The van der Waals surface area contributed by atoms with Crippen molar-refractivity contribution in [2.24, 2.45) is 11.7 Å². The highest BCUT2D eigenvalue weighted by molar-refractivity contribution is 9.10. The van der Waals surface area contributed by atoms with Crippen molar-refractivity contribution in [2.45, 2.75) is 39.2 Å². The smallest absolute Gasteiger partial charge is 0.0510 e. The molecule has 2 atom stereocenters. The van der Waals surface area contributed by atoms with E-state index in [1.807, 2.05) is 6.92 Å². The third-order valence-corrected chi connectivity index (χ3v) is 4.46. The number of nitrogens with zero attached hydrogens (tertiary/aromatic N) is 1. The Morgan fingerprint density at radius 2 is 2.28 bits per heavy atom. The fourth-order valence-electron chi connectivity index (χ4n) is 2.76. The van der Waals surface area contributed by atoms with Gasteiger partial charge in [0.2, 0.25) is 0 Å². The minimum atomic E-state index is 0.0989. The fourth-order valence-corrected chi connectivity index (χ4v) is 3.41. The quantitative estimate of drug-likeness (QED) is 0.907. The summed E-state index contributed by atoms with van der Waals surface area (Å²) in [4.78, 5) is 2.50. The van der Waals surface area contributed by atoms with Crippen LogP contribution in [-0.4, -0.2) is 13.1 Å². The van der Waals surface area contributed by atoms with Crippen LogP contribution in [-0.2, 0) is 0 Å². The average molecular weight is 311 g/mol. The maximum absolute atomic E-state index is 5.91. The molecule has 1 aromatic carbocycles. The monoisotopic (exact) mass is 310 g/mol. The highest BCUT2D eigenvalue weighted by Crippen LogP contribution is 2.33. The van der Waals surface area contributed by atoms with Gasteiger partial charge in [-0.1, -0.05) is 19.4 Å². The maximum atomic E-state index is 5.91. The van der Waals surface area contributed by atoms with Crippen LogP contribution in [0.2, 0.25) is 0 Å². The average Bonchev–Trinajstić information content (AvgIpc) is 2.77. The highest BCUT2D eigenvalue weighted by Gasteiger charge is 2.23. The lowest BCUT2D eigenvalue weighted by Crippen LogP contribution is -2.20. The van der Waals surface area contributed by atoms with Crippen molar-refractivity contribution in [2.75, 3.05) is 18.0 Å². The summed E-state index contributed by atoms with van der Waals surface area (Å²) in [5.41, 5.74) is 8.42. The molecule has 1 heterocycles. The van der Waals surface area contributed by atoms with Gasteiger partial charge in [0.15, 0.2) is 0 Å². The molecule has 1 aliphatic rings. The van der Waals surface area contributed by atoms with Gasteiger partial charge < -0.3 is 10.6 Å². The molecule has 1 saturated heterocycles. The predicted octanol–water partition coefficient (Wildman–Crippen LogP) is 4.10. The summed E-state index contributed by atoms with van der Waals surface area (Å²) < 4.78 is 1.18. The first-order valence-electron chi connectivity index (χ1n) is 6.91. The third kappa shape index (κ3) is 3.07. The van der Waals surface area contributed by atoms with Gasteiger partial charge in [-0.25, -0.2) is 0 Å². The Morgan fingerprint density at radius 1 is 1.50 bits per heavy atom. The molecule has 18 heavy (non-hydrogen) atoms. The van der Waals surface area contributed by atoms with E-state index in [2.05, 4.69) is 46.0 Å². The number of benzene rings is 1. The summed E-state index contributed by atoms with van der Waals surface area (Å²) in [5.74, 6) is 0.870. The molecule has 1 aromatic rings. The molecule has 0 aliphatic carbocycles. The molecule has 3 heteroatoms. The van der Waals surface area contributed by atoms with E-state index < -0.39 is 0 Å². The molecule has 1 aliphatic heterocycles. The van der Waals surface area contributed by atoms with Crippen LogP contribution in [0.4, 0.5) is 5.69 Å². The van der Waals surface area contributed by atoms with Crippen LogP contribution < -0.4 is 10.6 Å². The Labute approximate surface area is 119 Å². The standard InChI is InChI=1S/C15H23BrN2/c1-3-4-12-7-8-18(10-12)15-6-5-13(11(2)17)9-14(15)16/h5-6,9,11-12H,3-4,7-8,10,17H2,1-2H3. The summed E-state index contributed by atoms with van der Waals surface area (Å²) >= 11 is 3.69. The summed E-state index contributed by atoms with van der Waals surface area (Å²) in [6.07, 6.45) is 3.98. The molecule has 0 radical (unpaired) electrons. The van der Waals surface area contributed by atoms with Crippen LogP contribution >= 0.6 is 15.9 Å². The Kier molecular flexibility index (Phi) is 4.68. The molecule has 0 aromatic heterocycles. The molecule has 2 unspecified atom stereocenters. The van der Waals surface area contributed by atoms with Crippen LogP contribution in [0.15, 0.2) is 22.7 Å². The topological polar surface area (TPSA) is 29.3 Å². The third-order valence-electron chi connectivity index (χ3n) is 3.82. The van der Waals surface area contributed by atoms with Crippen LogP contribution in [0, 0.1) is 5.92 Å². The van der Waals surface area contributed by atoms with Gasteiger partial charge in [-0.3, -0.25) is 0 Å². The number of halogens is 1. The Morgan fingerprint density at radius 3 is 2.89 bits per heavy atom. The second-order valence-electron chi connectivity index (χ2n) is 5.39. The van der Waals surface area contributed by atoms with E-state index in [0.29, 0.717) is 0 Å². The molecule has 0 amide bonds. The van der Waals surface area contributed by atoms with Crippen molar-refractivity contribution >= 4 is 21.6 Å². The lowest BCUT2D eigenvalue weighted by Gasteiger charge is -2.21. The van der Waals surface area contributed by atoms with Crippen LogP contribution in [0.25, 0.3) is 0 Å². The number of hydrogen-bond acceptors (Lipinski definition) is 2. The molecule has 2 N–H and O–H groups in total. The first-order valence-corrected chi connectivity index (χ1v) is 7.71. The minimum absolute atomic E-state index is 0.0989. The molecule has 0 saturated carbocycles. The van der Waals surface area contributed by atoms with Crippen LogP contribution in [0.1, 0.15) is 44.7 Å². The van der Waals surface area contributed by atoms with Crippen molar-refractivity contribution < 1.29 is 0 Å². The summed E-state index contributed by atoms with van der Waals surface area (Å²) in [5, 5.41) is 0. The summed E-state index contributed by atoms with van der Waals surface area (Å²) in [6.45, 7) is 6.68. The number of rotatable bonds is 4. The maximum Gasteiger partial charge on any atom is 0.0510 e. The van der Waals surface area contributed by atoms with Crippen molar-refractivity contribution in [3.05, 3.63) is 28.2 Å². The van der Waals surface area contributed by atoms with E-state index in [1.54, 1.807) is 0 Å². The van der Waals surface area contributed by atoms with E-state index in [0.717, 1.165) is 5.92 Å². The van der Waals surface area contributed by atoms with Crippen molar-refractivity contribution in [3.8, 4) is 0 Å². The van der Waals surface area contributed by atoms with Gasteiger partial charge in [-0.05, 0) is 59.3 Å². The molecule has 2 nitrogen and oxygen atoms in total. The first-order chi connectivity index (χ1) is 8.61. The van der Waals surface area contributed by atoms with Crippen LogP contribution in [0.3, 0.4) is 0 Å². The molecule has 1 fully saturated rings. The zero-order valence-corrected chi connectivity index (χ0v) is 12.9. The Balaban J connectivity index is 2.10. The van der Waals surface area contributed by atoms with E-state index in [9.17, 15) is 0 Å². The molecular formula is C15H23BrN2. The van der Waals surface area contributed by atoms with E-state index in [1.165, 1.54) is 48.1 Å². The van der Waals surface area contributed by atoms with Crippen LogP contribution in [0.5, 0.6) is 0 Å². The summed E-state index contributed by atoms with van der Waals surface area (Å²) in [6, 6.07) is 6.61. The molecular weight excluding hydrogens is 288 g/mol. The predicted molar refractivity (Wildman–Crippen MR) is 82.0 cm³/mol. The Bertz CT molecular complexity index is 403. The van der Waals surface area contributed by atoms with Gasteiger partial charge in [-0.2, -0.15) is 0 Å². The first kappa shape index (κ1) is 13.9. The molecule has 100 valence electrons. The molecule has 0 spiro atoms.